The number of esters is 2. The highest BCUT2D eigenvalue weighted by Crippen LogP contribution is 2.30. The summed E-state index contributed by atoms with van der Waals surface area (Å²) in [7, 11) is 2.80. The highest BCUT2D eigenvalue weighted by molar-refractivity contribution is 5.75. The van der Waals surface area contributed by atoms with Gasteiger partial charge in [-0.25, -0.2) is 0 Å². The molecule has 8 heteroatoms. The third-order valence-corrected chi connectivity index (χ3v) is 5.22. The molecule has 26 heavy (non-hydrogen) atoms. The normalized spacial score (nSPS) is 28.1. The number of aliphatic carboxylic acids is 2. The number of carbonyl (C=O) groups is 4. The van der Waals surface area contributed by atoms with Crippen molar-refractivity contribution in [2.24, 2.45) is 23.7 Å². The molecule has 0 aromatic carbocycles. The zero-order valence-electron chi connectivity index (χ0n) is 15.3. The molecule has 0 radical (unpaired) electrons. The number of carboxylic acids is 2. The van der Waals surface area contributed by atoms with E-state index in [0.717, 1.165) is 25.7 Å². The second kappa shape index (κ2) is 10.8. The Labute approximate surface area is 152 Å². The van der Waals surface area contributed by atoms with Crippen molar-refractivity contribution in [2.75, 3.05) is 14.2 Å². The topological polar surface area (TPSA) is 127 Å². The van der Waals surface area contributed by atoms with E-state index in [2.05, 4.69) is 9.47 Å². The predicted molar refractivity (Wildman–Crippen MR) is 90.2 cm³/mol. The van der Waals surface area contributed by atoms with Gasteiger partial charge in [0, 0.05) is 0 Å². The minimum atomic E-state index is -0.793. The molecular weight excluding hydrogens is 344 g/mol. The van der Waals surface area contributed by atoms with Crippen LogP contribution in [0.3, 0.4) is 0 Å². The van der Waals surface area contributed by atoms with Gasteiger partial charge in [0.25, 0.3) is 0 Å². The van der Waals surface area contributed by atoms with Crippen LogP contribution in [-0.2, 0) is 28.7 Å². The minimum Gasteiger partial charge on any atom is -0.481 e. The SMILES string of the molecule is COC(=O)C1CCC(C(=O)OC)CC1.O=C(O)C1CCC(C(=O)O)CC1. The Balaban J connectivity index is 0.000000263. The Bertz CT molecular complexity index is 453. The molecule has 0 aliphatic heterocycles. The largest absolute Gasteiger partial charge is 0.481 e. The molecule has 0 aromatic heterocycles. The number of hydrogen-bond donors (Lipinski definition) is 2. The van der Waals surface area contributed by atoms with Crippen molar-refractivity contribution in [1.29, 1.82) is 0 Å². The van der Waals surface area contributed by atoms with Crippen LogP contribution >= 0.6 is 0 Å². The molecule has 0 spiro atoms. The Morgan fingerprint density at radius 3 is 1.00 bits per heavy atom. The summed E-state index contributed by atoms with van der Waals surface area (Å²) in [5, 5.41) is 17.2. The van der Waals surface area contributed by atoms with E-state index >= 15 is 0 Å². The van der Waals surface area contributed by atoms with Gasteiger partial charge in [0.2, 0.25) is 0 Å². The highest BCUT2D eigenvalue weighted by Gasteiger charge is 2.31. The van der Waals surface area contributed by atoms with Crippen molar-refractivity contribution in [2.45, 2.75) is 51.4 Å². The number of hydrogen-bond acceptors (Lipinski definition) is 6. The molecular formula is C18H28O8. The summed E-state index contributed by atoms with van der Waals surface area (Å²) in [5.41, 5.74) is 0. The fourth-order valence-electron chi connectivity index (χ4n) is 3.49. The van der Waals surface area contributed by atoms with Crippen molar-refractivity contribution in [1.82, 2.24) is 0 Å². The average molecular weight is 372 g/mol. The van der Waals surface area contributed by atoms with Gasteiger partial charge in [0.05, 0.1) is 37.9 Å². The molecule has 0 unspecified atom stereocenters. The van der Waals surface area contributed by atoms with Crippen molar-refractivity contribution in [3.05, 3.63) is 0 Å². The molecule has 8 nitrogen and oxygen atoms in total. The van der Waals surface area contributed by atoms with Gasteiger partial charge in [-0.05, 0) is 51.4 Å². The second-order valence-electron chi connectivity index (χ2n) is 6.82. The van der Waals surface area contributed by atoms with Gasteiger partial charge in [-0.2, -0.15) is 0 Å². The maximum Gasteiger partial charge on any atom is 0.308 e. The molecule has 148 valence electrons. The molecule has 2 N–H and O–H groups in total. The average Bonchev–Trinajstić information content (AvgIpc) is 2.67. The number of methoxy groups -OCH3 is 2. The zero-order chi connectivity index (χ0) is 19.7. The molecule has 0 aromatic rings. The van der Waals surface area contributed by atoms with E-state index in [1.807, 2.05) is 0 Å². The summed E-state index contributed by atoms with van der Waals surface area (Å²) in [6.07, 6.45) is 4.94. The number of carbonyl (C=O) groups excluding carboxylic acids is 2. The van der Waals surface area contributed by atoms with Crippen molar-refractivity contribution >= 4 is 23.9 Å². The van der Waals surface area contributed by atoms with Crippen LogP contribution in [0.5, 0.6) is 0 Å². The smallest absolute Gasteiger partial charge is 0.308 e. The van der Waals surface area contributed by atoms with Gasteiger partial charge >= 0.3 is 23.9 Å². The number of rotatable bonds is 4. The summed E-state index contributed by atoms with van der Waals surface area (Å²) in [6, 6.07) is 0. The molecule has 0 amide bonds. The van der Waals surface area contributed by atoms with E-state index in [9.17, 15) is 19.2 Å². The molecule has 0 bridgehead atoms. The lowest BCUT2D eigenvalue weighted by atomic mass is 9.82. The molecule has 0 heterocycles. The first-order valence-corrected chi connectivity index (χ1v) is 8.91. The number of carboxylic acid groups (broad SMARTS) is 2. The van der Waals surface area contributed by atoms with Gasteiger partial charge in [0.1, 0.15) is 0 Å². The zero-order valence-corrected chi connectivity index (χ0v) is 15.3. The first-order valence-electron chi connectivity index (χ1n) is 8.91. The maximum atomic E-state index is 11.2. The van der Waals surface area contributed by atoms with Crippen molar-refractivity contribution < 1.29 is 38.9 Å². The summed E-state index contributed by atoms with van der Waals surface area (Å²) in [6.45, 7) is 0. The van der Waals surface area contributed by atoms with Gasteiger partial charge < -0.3 is 19.7 Å². The fraction of sp³-hybridized carbons (Fsp3) is 0.778. The van der Waals surface area contributed by atoms with Crippen LogP contribution in [0.15, 0.2) is 0 Å². The van der Waals surface area contributed by atoms with Crippen molar-refractivity contribution in [3.8, 4) is 0 Å². The molecule has 2 saturated carbocycles. The highest BCUT2D eigenvalue weighted by atomic mass is 16.5. The molecule has 2 aliphatic rings. The standard InChI is InChI=1S/C10H16O4.C8H12O4/c1-13-9(11)7-3-5-8(6-4-7)10(12)14-2;9-7(10)5-1-2-6(4-3-5)8(11)12/h7-8H,3-6H2,1-2H3;5-6H,1-4H2,(H,9,10)(H,11,12). The third kappa shape index (κ3) is 6.65. The molecule has 0 atom stereocenters. The van der Waals surface area contributed by atoms with Gasteiger partial charge in [0.15, 0.2) is 0 Å². The Morgan fingerprint density at radius 2 is 0.808 bits per heavy atom. The van der Waals surface area contributed by atoms with Crippen LogP contribution in [0.25, 0.3) is 0 Å². The summed E-state index contributed by atoms with van der Waals surface area (Å²) < 4.78 is 9.31. The lowest BCUT2D eigenvalue weighted by Crippen LogP contribution is -2.27. The monoisotopic (exact) mass is 372 g/mol. The summed E-state index contributed by atoms with van der Waals surface area (Å²) >= 11 is 0. The maximum absolute atomic E-state index is 11.2. The van der Waals surface area contributed by atoms with Gasteiger partial charge in [-0.1, -0.05) is 0 Å². The predicted octanol–water partition coefficient (Wildman–Crippen LogP) is 2.10. The van der Waals surface area contributed by atoms with Crippen LogP contribution in [0.1, 0.15) is 51.4 Å². The Kier molecular flexibility index (Phi) is 9.09. The molecule has 2 rings (SSSR count). The van der Waals surface area contributed by atoms with Crippen molar-refractivity contribution in [3.63, 3.8) is 0 Å². The van der Waals surface area contributed by atoms with Crippen LogP contribution in [0, 0.1) is 23.7 Å². The van der Waals surface area contributed by atoms with Crippen LogP contribution < -0.4 is 0 Å². The summed E-state index contributed by atoms with van der Waals surface area (Å²) in [4.78, 5) is 43.3. The van der Waals surface area contributed by atoms with E-state index in [1.54, 1.807) is 0 Å². The lowest BCUT2D eigenvalue weighted by Gasteiger charge is -2.24. The Hall–Kier alpha value is -2.12. The van der Waals surface area contributed by atoms with E-state index in [4.69, 9.17) is 10.2 Å². The van der Waals surface area contributed by atoms with E-state index in [-0.39, 0.29) is 35.6 Å². The molecule has 0 saturated heterocycles. The van der Waals surface area contributed by atoms with Crippen LogP contribution in [0.2, 0.25) is 0 Å². The fourth-order valence-corrected chi connectivity index (χ4v) is 3.49. The summed E-state index contributed by atoms with van der Waals surface area (Å²) in [5.74, 6) is -2.60. The third-order valence-electron chi connectivity index (χ3n) is 5.22. The van der Waals surface area contributed by atoms with Gasteiger partial charge in [-0.15, -0.1) is 0 Å². The first-order chi connectivity index (χ1) is 12.3. The quantitative estimate of drug-likeness (QED) is 0.718. The lowest BCUT2D eigenvalue weighted by molar-refractivity contribution is -0.151. The van der Waals surface area contributed by atoms with Crippen LogP contribution in [0.4, 0.5) is 0 Å². The van der Waals surface area contributed by atoms with E-state index in [1.165, 1.54) is 14.2 Å². The van der Waals surface area contributed by atoms with Gasteiger partial charge in [-0.3, -0.25) is 19.2 Å². The van der Waals surface area contributed by atoms with Crippen LogP contribution in [-0.4, -0.2) is 48.3 Å². The molecule has 2 fully saturated rings. The Morgan fingerprint density at radius 1 is 0.577 bits per heavy atom. The van der Waals surface area contributed by atoms with E-state index in [0.29, 0.717) is 25.7 Å². The number of ether oxygens (including phenoxy) is 2. The minimum absolute atomic E-state index is 0.0269. The molecule has 2 aliphatic carbocycles. The first kappa shape index (κ1) is 21.9. The second-order valence-corrected chi connectivity index (χ2v) is 6.82. The van der Waals surface area contributed by atoms with E-state index < -0.39 is 11.9 Å².